The summed E-state index contributed by atoms with van der Waals surface area (Å²) in [6, 6.07) is 1.52. The molecule has 2 aromatic heterocycles. The second kappa shape index (κ2) is 5.77. The largest absolute Gasteiger partial charge is 0.355 e. The standard InChI is InChI=1S/C12H9ClN4O2S/c1-3-6-5-15-8(4-7(6)13)16-12-9(10(18)14-2)11(19)17-20-12/h1,4-5H,2H3,(H,14,18)(H,15,16)(H,17,19). The van der Waals surface area contributed by atoms with Crippen molar-refractivity contribution < 1.29 is 4.79 Å². The fourth-order valence-corrected chi connectivity index (χ4v) is 2.39. The van der Waals surface area contributed by atoms with Crippen LogP contribution in [0.5, 0.6) is 0 Å². The molecule has 0 saturated carbocycles. The molecule has 0 aliphatic heterocycles. The Bertz CT molecular complexity index is 760. The van der Waals surface area contributed by atoms with Crippen molar-refractivity contribution in [3.63, 3.8) is 0 Å². The minimum Gasteiger partial charge on any atom is -0.355 e. The number of carbonyl (C=O) groups excluding carboxylic acids is 1. The summed E-state index contributed by atoms with van der Waals surface area (Å²) in [5.74, 6) is 2.29. The Kier molecular flexibility index (Phi) is 4.08. The molecule has 2 aromatic rings. The number of carbonyl (C=O) groups is 1. The van der Waals surface area contributed by atoms with Crippen molar-refractivity contribution in [3.05, 3.63) is 38.8 Å². The van der Waals surface area contributed by atoms with Crippen LogP contribution in [0.15, 0.2) is 17.1 Å². The van der Waals surface area contributed by atoms with Gasteiger partial charge in [-0.2, -0.15) is 0 Å². The van der Waals surface area contributed by atoms with Gasteiger partial charge in [-0.05, 0) is 11.5 Å². The average molecular weight is 309 g/mol. The van der Waals surface area contributed by atoms with E-state index >= 15 is 0 Å². The number of aromatic nitrogens is 2. The molecular formula is C12H9ClN4O2S. The van der Waals surface area contributed by atoms with E-state index in [-0.39, 0.29) is 5.56 Å². The molecule has 0 unspecified atom stereocenters. The van der Waals surface area contributed by atoms with Crippen LogP contribution in [0.25, 0.3) is 0 Å². The summed E-state index contributed by atoms with van der Waals surface area (Å²) in [6.07, 6.45) is 6.68. The molecule has 6 nitrogen and oxygen atoms in total. The van der Waals surface area contributed by atoms with Gasteiger partial charge < -0.3 is 10.6 Å². The van der Waals surface area contributed by atoms with Crippen molar-refractivity contribution in [1.82, 2.24) is 14.7 Å². The number of H-pyrrole nitrogens is 1. The van der Waals surface area contributed by atoms with E-state index < -0.39 is 11.5 Å². The predicted molar refractivity (Wildman–Crippen MR) is 78.8 cm³/mol. The highest BCUT2D eigenvalue weighted by atomic mass is 35.5. The van der Waals surface area contributed by atoms with Gasteiger partial charge in [0.15, 0.2) is 0 Å². The first-order valence-electron chi connectivity index (χ1n) is 5.39. The van der Waals surface area contributed by atoms with Crippen LogP contribution in [0.4, 0.5) is 10.8 Å². The summed E-state index contributed by atoms with van der Waals surface area (Å²) in [6.45, 7) is 0. The molecule has 0 fully saturated rings. The maximum Gasteiger partial charge on any atom is 0.273 e. The molecule has 2 rings (SSSR count). The Balaban J connectivity index is 2.36. The molecular weight excluding hydrogens is 300 g/mol. The van der Waals surface area contributed by atoms with Gasteiger partial charge in [0, 0.05) is 19.3 Å². The Labute approximate surface area is 123 Å². The van der Waals surface area contributed by atoms with Crippen molar-refractivity contribution in [2.24, 2.45) is 0 Å². The predicted octanol–water partition coefficient (Wildman–Crippen LogP) is 1.57. The van der Waals surface area contributed by atoms with E-state index in [1.54, 1.807) is 0 Å². The lowest BCUT2D eigenvalue weighted by atomic mass is 10.3. The SMILES string of the molecule is C#Cc1cnc(Nc2s[nH]c(=O)c2C(=O)NC)cc1Cl. The van der Waals surface area contributed by atoms with Crippen LogP contribution in [-0.4, -0.2) is 22.3 Å². The van der Waals surface area contributed by atoms with Gasteiger partial charge in [-0.1, -0.05) is 17.5 Å². The maximum absolute atomic E-state index is 11.6. The maximum atomic E-state index is 11.6. The van der Waals surface area contributed by atoms with E-state index in [9.17, 15) is 9.59 Å². The van der Waals surface area contributed by atoms with E-state index in [1.165, 1.54) is 19.3 Å². The van der Waals surface area contributed by atoms with E-state index in [0.717, 1.165) is 11.5 Å². The van der Waals surface area contributed by atoms with Gasteiger partial charge in [0.25, 0.3) is 11.5 Å². The van der Waals surface area contributed by atoms with Gasteiger partial charge in [0.2, 0.25) is 0 Å². The summed E-state index contributed by atoms with van der Waals surface area (Å²) >= 11 is 6.96. The van der Waals surface area contributed by atoms with E-state index in [0.29, 0.717) is 21.4 Å². The van der Waals surface area contributed by atoms with Crippen LogP contribution in [0.1, 0.15) is 15.9 Å². The monoisotopic (exact) mass is 308 g/mol. The zero-order valence-electron chi connectivity index (χ0n) is 10.3. The second-order valence-electron chi connectivity index (χ2n) is 3.64. The molecule has 3 N–H and O–H groups in total. The number of nitrogens with one attached hydrogen (secondary N) is 3. The quantitative estimate of drug-likeness (QED) is 0.751. The van der Waals surface area contributed by atoms with E-state index in [4.69, 9.17) is 18.0 Å². The number of amides is 1. The zero-order valence-corrected chi connectivity index (χ0v) is 11.9. The molecule has 0 atom stereocenters. The van der Waals surface area contributed by atoms with Crippen molar-refractivity contribution >= 4 is 39.9 Å². The highest BCUT2D eigenvalue weighted by Gasteiger charge is 2.18. The number of nitrogens with zero attached hydrogens (tertiary/aromatic N) is 1. The molecule has 20 heavy (non-hydrogen) atoms. The van der Waals surface area contributed by atoms with E-state index in [1.807, 2.05) is 0 Å². The van der Waals surface area contributed by atoms with Crippen LogP contribution in [0, 0.1) is 12.3 Å². The minimum absolute atomic E-state index is 0.00329. The molecule has 102 valence electrons. The van der Waals surface area contributed by atoms with Crippen molar-refractivity contribution in [2.75, 3.05) is 12.4 Å². The first-order valence-corrected chi connectivity index (χ1v) is 6.59. The third-order valence-electron chi connectivity index (χ3n) is 2.40. The van der Waals surface area contributed by atoms with Crippen LogP contribution >= 0.6 is 23.1 Å². The van der Waals surface area contributed by atoms with Crippen molar-refractivity contribution in [1.29, 1.82) is 0 Å². The van der Waals surface area contributed by atoms with Crippen LogP contribution in [0.2, 0.25) is 5.02 Å². The lowest BCUT2D eigenvalue weighted by Gasteiger charge is -2.05. The Morgan fingerprint density at radius 3 is 2.95 bits per heavy atom. The molecule has 8 heteroatoms. The number of hydrogen-bond donors (Lipinski definition) is 3. The fourth-order valence-electron chi connectivity index (χ4n) is 1.44. The summed E-state index contributed by atoms with van der Waals surface area (Å²) in [4.78, 5) is 27.3. The smallest absolute Gasteiger partial charge is 0.273 e. The van der Waals surface area contributed by atoms with Gasteiger partial charge in [-0.25, -0.2) is 4.98 Å². The van der Waals surface area contributed by atoms with Crippen molar-refractivity contribution in [3.8, 4) is 12.3 Å². The van der Waals surface area contributed by atoms with Gasteiger partial charge >= 0.3 is 0 Å². The number of rotatable bonds is 3. The summed E-state index contributed by atoms with van der Waals surface area (Å²) in [7, 11) is 1.44. The zero-order chi connectivity index (χ0) is 14.7. The van der Waals surface area contributed by atoms with Crippen molar-refractivity contribution in [2.45, 2.75) is 0 Å². The fraction of sp³-hybridized carbons (Fsp3) is 0.0833. The Morgan fingerprint density at radius 1 is 1.60 bits per heavy atom. The van der Waals surface area contributed by atoms with Crippen LogP contribution in [-0.2, 0) is 0 Å². The number of anilines is 2. The first-order chi connectivity index (χ1) is 9.56. The highest BCUT2D eigenvalue weighted by Crippen LogP contribution is 2.24. The van der Waals surface area contributed by atoms with Gasteiger partial charge in [0.05, 0.1) is 10.6 Å². The summed E-state index contributed by atoms with van der Waals surface area (Å²) in [5, 5.41) is 5.97. The highest BCUT2D eigenvalue weighted by molar-refractivity contribution is 7.10. The van der Waals surface area contributed by atoms with Gasteiger partial charge in [0.1, 0.15) is 16.4 Å². The molecule has 0 spiro atoms. The second-order valence-corrected chi connectivity index (χ2v) is 4.86. The number of aromatic amines is 1. The van der Waals surface area contributed by atoms with Crippen LogP contribution < -0.4 is 16.2 Å². The Hall–Kier alpha value is -2.30. The summed E-state index contributed by atoms with van der Waals surface area (Å²) in [5.41, 5.74) is -0.00867. The molecule has 0 aromatic carbocycles. The third-order valence-corrected chi connectivity index (χ3v) is 3.52. The molecule has 0 aliphatic carbocycles. The average Bonchev–Trinajstić information content (AvgIpc) is 2.79. The number of terminal acetylenes is 1. The molecule has 0 saturated heterocycles. The van der Waals surface area contributed by atoms with Gasteiger partial charge in [-0.3, -0.25) is 14.0 Å². The molecule has 1 amide bonds. The summed E-state index contributed by atoms with van der Waals surface area (Å²) < 4.78 is 2.48. The van der Waals surface area contributed by atoms with E-state index in [2.05, 4.69) is 25.9 Å². The molecule has 0 bridgehead atoms. The number of halogens is 1. The lowest BCUT2D eigenvalue weighted by molar-refractivity contribution is 0.0963. The third kappa shape index (κ3) is 2.66. The molecule has 2 heterocycles. The topological polar surface area (TPSA) is 86.9 Å². The Morgan fingerprint density at radius 2 is 2.35 bits per heavy atom. The molecule has 0 radical (unpaired) electrons. The van der Waals surface area contributed by atoms with Gasteiger partial charge in [-0.15, -0.1) is 6.42 Å². The molecule has 0 aliphatic rings. The minimum atomic E-state index is -0.485. The lowest BCUT2D eigenvalue weighted by Crippen LogP contribution is -2.24. The first kappa shape index (κ1) is 14.1. The number of hydrogen-bond acceptors (Lipinski definition) is 5. The normalized spacial score (nSPS) is 9.85. The van der Waals surface area contributed by atoms with Crippen LogP contribution in [0.3, 0.4) is 0 Å². The number of pyridine rings is 1.